The third-order valence-electron chi connectivity index (χ3n) is 13.9. The molecule has 1 aromatic heterocycles. The van der Waals surface area contributed by atoms with E-state index in [1.54, 1.807) is 0 Å². The van der Waals surface area contributed by atoms with Crippen LogP contribution in [-0.2, 0) is 10.8 Å². The Morgan fingerprint density at radius 1 is 0.383 bits per heavy atom. The van der Waals surface area contributed by atoms with E-state index in [0.29, 0.717) is 0 Å². The van der Waals surface area contributed by atoms with E-state index in [0.717, 1.165) is 39.0 Å². The maximum absolute atomic E-state index is 6.83. The van der Waals surface area contributed by atoms with Gasteiger partial charge in [-0.1, -0.05) is 184 Å². The molecule has 10 aromatic rings. The van der Waals surface area contributed by atoms with Crippen molar-refractivity contribution in [3.63, 3.8) is 0 Å². The molecule has 0 fully saturated rings. The SMILES string of the molecule is CC1(C)c2ccccc2-c2ccc(N(c3ccccc3-c3ccccc3)c3cccc4c3-c3ccccc3C43c4ccccc4-c4c3ccc3c4oc4ccccc43)cc21. The summed E-state index contributed by atoms with van der Waals surface area (Å²) >= 11 is 0. The van der Waals surface area contributed by atoms with Gasteiger partial charge in [-0.15, -0.1) is 0 Å². The third-order valence-corrected chi connectivity index (χ3v) is 13.9. The predicted molar refractivity (Wildman–Crippen MR) is 248 cm³/mol. The molecule has 0 amide bonds. The minimum absolute atomic E-state index is 0.152. The van der Waals surface area contributed by atoms with Gasteiger partial charge in [-0.25, -0.2) is 0 Å². The van der Waals surface area contributed by atoms with Crippen molar-refractivity contribution in [2.75, 3.05) is 4.90 Å². The monoisotopic (exact) mass is 765 g/mol. The molecule has 3 aliphatic carbocycles. The highest BCUT2D eigenvalue weighted by Gasteiger charge is 2.53. The minimum Gasteiger partial charge on any atom is -0.455 e. The number of benzene rings is 9. The Kier molecular flexibility index (Phi) is 6.74. The van der Waals surface area contributed by atoms with E-state index in [1.165, 1.54) is 77.9 Å². The van der Waals surface area contributed by atoms with Gasteiger partial charge in [0.2, 0.25) is 0 Å². The van der Waals surface area contributed by atoms with Crippen LogP contribution in [0.5, 0.6) is 0 Å². The molecule has 0 radical (unpaired) electrons. The van der Waals surface area contributed by atoms with Crippen molar-refractivity contribution in [3.05, 3.63) is 234 Å². The molecule has 0 aliphatic heterocycles. The summed E-state index contributed by atoms with van der Waals surface area (Å²) in [6.45, 7) is 4.75. The highest BCUT2D eigenvalue weighted by Crippen LogP contribution is 2.66. The van der Waals surface area contributed by atoms with Gasteiger partial charge in [0.15, 0.2) is 0 Å². The molecule has 0 bridgehead atoms. The van der Waals surface area contributed by atoms with Crippen LogP contribution >= 0.6 is 0 Å². The summed E-state index contributed by atoms with van der Waals surface area (Å²) in [4.78, 5) is 2.54. The lowest BCUT2D eigenvalue weighted by molar-refractivity contribution is 0.660. The zero-order valence-electron chi connectivity index (χ0n) is 33.4. The summed E-state index contributed by atoms with van der Waals surface area (Å²) in [6, 6.07) is 74.1. The fourth-order valence-corrected chi connectivity index (χ4v) is 11.4. The van der Waals surface area contributed by atoms with Crippen LogP contribution in [0.1, 0.15) is 47.2 Å². The van der Waals surface area contributed by atoms with E-state index < -0.39 is 5.41 Å². The molecule has 13 rings (SSSR count). The first kappa shape index (κ1) is 33.5. The minimum atomic E-state index is -0.548. The number of furan rings is 1. The number of rotatable bonds is 4. The van der Waals surface area contributed by atoms with Crippen LogP contribution in [0.3, 0.4) is 0 Å². The third kappa shape index (κ3) is 4.22. The second-order valence-corrected chi connectivity index (χ2v) is 17.1. The molecule has 0 saturated heterocycles. The molecule has 60 heavy (non-hydrogen) atoms. The Bertz CT molecular complexity index is 3420. The molecule has 282 valence electrons. The zero-order chi connectivity index (χ0) is 39.7. The standard InChI is InChI=1S/C58H39NO/c1-57(2)45-24-11-6-20-39(45)40-32-31-37(35-50(40)57)59(51-28-14-9-19-38(51)36-17-4-3-5-18-36)52-29-16-27-48-54(52)43-22-7-12-25-46(43)58(48)47-26-13-8-23-44(47)55-49(58)34-33-42-41-21-10-15-30-53(41)60-56(42)55/h3-35H,1-2H3. The molecule has 0 saturated carbocycles. The largest absolute Gasteiger partial charge is 0.455 e. The second kappa shape index (κ2) is 12.1. The number of anilines is 3. The van der Waals surface area contributed by atoms with Crippen LogP contribution in [-0.4, -0.2) is 0 Å². The lowest BCUT2D eigenvalue weighted by Crippen LogP contribution is -2.26. The quantitative estimate of drug-likeness (QED) is 0.177. The smallest absolute Gasteiger partial charge is 0.143 e. The Balaban J connectivity index is 1.12. The topological polar surface area (TPSA) is 16.4 Å². The first-order valence-corrected chi connectivity index (χ1v) is 21.0. The van der Waals surface area contributed by atoms with E-state index in [4.69, 9.17) is 4.42 Å². The van der Waals surface area contributed by atoms with Gasteiger partial charge < -0.3 is 9.32 Å². The average molecular weight is 766 g/mol. The van der Waals surface area contributed by atoms with Gasteiger partial charge in [0.25, 0.3) is 0 Å². The van der Waals surface area contributed by atoms with Crippen LogP contribution < -0.4 is 4.90 Å². The zero-order valence-corrected chi connectivity index (χ0v) is 33.4. The number of para-hydroxylation sites is 2. The van der Waals surface area contributed by atoms with Crippen LogP contribution in [0, 0.1) is 0 Å². The molecule has 9 aromatic carbocycles. The van der Waals surface area contributed by atoms with E-state index in [9.17, 15) is 0 Å². The molecular weight excluding hydrogens is 727 g/mol. The maximum Gasteiger partial charge on any atom is 0.143 e. The van der Waals surface area contributed by atoms with Crippen LogP contribution in [0.15, 0.2) is 205 Å². The van der Waals surface area contributed by atoms with E-state index in [1.807, 2.05) is 0 Å². The van der Waals surface area contributed by atoms with E-state index in [2.05, 4.69) is 219 Å². The van der Waals surface area contributed by atoms with Crippen molar-refractivity contribution in [1.82, 2.24) is 0 Å². The molecule has 1 atom stereocenters. The summed E-state index contributed by atoms with van der Waals surface area (Å²) in [6.07, 6.45) is 0. The molecule has 0 N–H and O–H groups in total. The van der Waals surface area contributed by atoms with Gasteiger partial charge in [-0.05, 0) is 91.5 Å². The van der Waals surface area contributed by atoms with Crippen molar-refractivity contribution >= 4 is 39.0 Å². The first-order chi connectivity index (χ1) is 29.5. The van der Waals surface area contributed by atoms with E-state index in [-0.39, 0.29) is 5.41 Å². The Morgan fingerprint density at radius 2 is 0.967 bits per heavy atom. The molecule has 2 heteroatoms. The molecule has 1 unspecified atom stereocenters. The number of hydrogen-bond donors (Lipinski definition) is 0. The first-order valence-electron chi connectivity index (χ1n) is 21.0. The normalized spacial score (nSPS) is 16.0. The van der Waals surface area contributed by atoms with Crippen LogP contribution in [0.25, 0.3) is 66.4 Å². The second-order valence-electron chi connectivity index (χ2n) is 17.1. The van der Waals surface area contributed by atoms with Gasteiger partial charge in [-0.2, -0.15) is 0 Å². The highest BCUT2D eigenvalue weighted by atomic mass is 16.3. The Morgan fingerprint density at radius 3 is 1.77 bits per heavy atom. The molecule has 3 aliphatic rings. The van der Waals surface area contributed by atoms with Crippen LogP contribution in [0.4, 0.5) is 17.1 Å². The molecule has 2 nitrogen and oxygen atoms in total. The Hall–Kier alpha value is -7.42. The summed E-state index contributed by atoms with van der Waals surface area (Å²) in [5.74, 6) is 0. The Labute approximate surface area is 349 Å². The summed E-state index contributed by atoms with van der Waals surface area (Å²) in [7, 11) is 0. The lowest BCUT2D eigenvalue weighted by Gasteiger charge is -2.33. The molecule has 1 heterocycles. The van der Waals surface area contributed by atoms with Gasteiger partial charge in [0.1, 0.15) is 11.2 Å². The van der Waals surface area contributed by atoms with Gasteiger partial charge in [-0.3, -0.25) is 0 Å². The van der Waals surface area contributed by atoms with Crippen molar-refractivity contribution in [3.8, 4) is 44.5 Å². The highest BCUT2D eigenvalue weighted by molar-refractivity contribution is 6.13. The summed E-state index contributed by atoms with van der Waals surface area (Å²) in [5, 5.41) is 2.30. The summed E-state index contributed by atoms with van der Waals surface area (Å²) < 4.78 is 6.83. The van der Waals surface area contributed by atoms with Crippen molar-refractivity contribution < 1.29 is 4.42 Å². The van der Waals surface area contributed by atoms with Gasteiger partial charge >= 0.3 is 0 Å². The van der Waals surface area contributed by atoms with Gasteiger partial charge in [0, 0.05) is 38.6 Å². The van der Waals surface area contributed by atoms with Crippen molar-refractivity contribution in [2.45, 2.75) is 24.7 Å². The fourth-order valence-electron chi connectivity index (χ4n) is 11.4. The van der Waals surface area contributed by atoms with Crippen molar-refractivity contribution in [1.29, 1.82) is 0 Å². The predicted octanol–water partition coefficient (Wildman–Crippen LogP) is 15.4. The molecule has 1 spiro atoms. The number of fused-ring (bicyclic) bond motifs is 17. The number of hydrogen-bond acceptors (Lipinski definition) is 2. The lowest BCUT2D eigenvalue weighted by atomic mass is 9.70. The van der Waals surface area contributed by atoms with Crippen molar-refractivity contribution in [2.24, 2.45) is 0 Å². The molecular formula is C58H39NO. The number of nitrogens with zero attached hydrogens (tertiary/aromatic N) is 1. The van der Waals surface area contributed by atoms with Gasteiger partial charge in [0.05, 0.1) is 16.8 Å². The van der Waals surface area contributed by atoms with Crippen LogP contribution in [0.2, 0.25) is 0 Å². The maximum atomic E-state index is 6.83. The average Bonchev–Trinajstić information content (AvgIpc) is 3.99. The fraction of sp³-hybridized carbons (Fsp3) is 0.0690. The summed E-state index contributed by atoms with van der Waals surface area (Å²) in [5.41, 5.74) is 22.4. The van der Waals surface area contributed by atoms with E-state index >= 15 is 0 Å².